The molecule has 2 fully saturated rings. The van der Waals surface area contributed by atoms with Gasteiger partial charge < -0.3 is 51.3 Å². The molecule has 0 spiro atoms. The molecule has 1 saturated heterocycles. The summed E-state index contributed by atoms with van der Waals surface area (Å²) in [6, 6.07) is 18.6. The molecule has 372 valence electrons. The van der Waals surface area contributed by atoms with E-state index in [0.717, 1.165) is 52.9 Å². The van der Waals surface area contributed by atoms with Crippen molar-refractivity contribution in [1.82, 2.24) is 36.8 Å². The minimum Gasteiger partial charge on any atom is -0.496 e. The van der Waals surface area contributed by atoms with E-state index in [1.54, 1.807) is 57.3 Å². The highest BCUT2D eigenvalue weighted by atomic mass is 79.9. The van der Waals surface area contributed by atoms with Crippen molar-refractivity contribution >= 4 is 79.4 Å². The molecule has 1 aliphatic carbocycles. The Balaban J connectivity index is 1.14. The van der Waals surface area contributed by atoms with Crippen LogP contribution in [0.25, 0.3) is 10.8 Å². The minimum absolute atomic E-state index is 0.0384. The number of methoxy groups -OCH3 is 1. The number of hydrogen-bond acceptors (Lipinski definition) is 10. The number of benzene rings is 4. The summed E-state index contributed by atoms with van der Waals surface area (Å²) in [7, 11) is 4.87. The third kappa shape index (κ3) is 11.6. The predicted octanol–water partition coefficient (Wildman–Crippen LogP) is 4.41. The van der Waals surface area contributed by atoms with Crippen LogP contribution in [0.15, 0.2) is 83.3 Å². The number of halogens is 1. The Kier molecular flexibility index (Phi) is 16.9. The Bertz CT molecular complexity index is 2600. The first-order chi connectivity index (χ1) is 33.6. The smallest absolute Gasteiger partial charge is 0.258 e. The number of amides is 7. The number of para-hydroxylation sites is 2. The number of carbonyl (C=O) groups is 7. The number of likely N-dealkylation sites (N-methyl/N-ethyl adjacent to an activating group) is 2. The van der Waals surface area contributed by atoms with Gasteiger partial charge in [0.25, 0.3) is 17.7 Å². The fraction of sp³-hybridized carbons (Fsp3) is 0.442. The fourth-order valence-corrected chi connectivity index (χ4v) is 10.1. The molecule has 2 aliphatic heterocycles. The summed E-state index contributed by atoms with van der Waals surface area (Å²) < 4.78 is 6.71. The van der Waals surface area contributed by atoms with Gasteiger partial charge in [0.2, 0.25) is 23.6 Å². The standard InChI is InChI=1S/C52H64BrN9O8/c1-30(2)56-49(66)43-25-37(27-60(43)52(69)46(59-45(63)26-54-4)32-12-8-7-9-13-32)57-48(65)33-16-18-34(19-17-33)50(67)62-29-40(58-47(64)31(3)55-5)51(68)61(41-14-10-11-15-42(41)62)28-39-38-22-21-36(53)24-35(38)20-23-44(39)70-6/h10-11,14-24,30-32,37,40,43,46,54-55H,7-9,12-13,25-29H2,1-6H3,(H,56,66)(H,57,65)(H,58,64)(H,59,63)/t31-,37?,40-,43-,46-/m0/s1. The summed E-state index contributed by atoms with van der Waals surface area (Å²) in [5.74, 6) is -2.31. The normalized spacial score (nSPS) is 19.2. The van der Waals surface area contributed by atoms with E-state index < -0.39 is 53.8 Å². The molecule has 18 heteroatoms. The van der Waals surface area contributed by atoms with Crippen LogP contribution in [0.1, 0.15) is 85.6 Å². The zero-order valence-corrected chi connectivity index (χ0v) is 42.2. The molecular formula is C52H64BrN9O8. The van der Waals surface area contributed by atoms with Crippen LogP contribution < -0.4 is 46.4 Å². The number of rotatable bonds is 16. The lowest BCUT2D eigenvalue weighted by Gasteiger charge is -2.34. The number of anilines is 2. The zero-order valence-electron chi connectivity index (χ0n) is 40.6. The Morgan fingerprint density at radius 1 is 0.814 bits per heavy atom. The minimum atomic E-state index is -1.16. The fourth-order valence-electron chi connectivity index (χ4n) is 9.75. The van der Waals surface area contributed by atoms with Gasteiger partial charge in [0.1, 0.15) is 23.9 Å². The number of hydrogen-bond donors (Lipinski definition) is 6. The van der Waals surface area contributed by atoms with E-state index in [1.165, 1.54) is 34.1 Å². The van der Waals surface area contributed by atoms with Gasteiger partial charge >= 0.3 is 0 Å². The maximum atomic E-state index is 14.8. The molecule has 0 radical (unpaired) electrons. The highest BCUT2D eigenvalue weighted by Crippen LogP contribution is 2.38. The number of fused-ring (bicyclic) bond motifs is 2. The van der Waals surface area contributed by atoms with Crippen molar-refractivity contribution in [2.24, 2.45) is 5.92 Å². The van der Waals surface area contributed by atoms with Crippen molar-refractivity contribution in [2.45, 2.75) is 102 Å². The Hall–Kier alpha value is -6.37. The molecule has 0 bridgehead atoms. The van der Waals surface area contributed by atoms with Crippen molar-refractivity contribution in [2.75, 3.05) is 50.6 Å². The highest BCUT2D eigenvalue weighted by Gasteiger charge is 2.45. The lowest BCUT2D eigenvalue weighted by Crippen LogP contribution is -2.57. The number of carbonyl (C=O) groups excluding carboxylic acids is 7. The van der Waals surface area contributed by atoms with Gasteiger partial charge in [0.15, 0.2) is 0 Å². The van der Waals surface area contributed by atoms with Crippen LogP contribution in [-0.4, -0.2) is 123 Å². The lowest BCUT2D eigenvalue weighted by molar-refractivity contribution is -0.143. The predicted molar refractivity (Wildman–Crippen MR) is 271 cm³/mol. The van der Waals surface area contributed by atoms with E-state index in [2.05, 4.69) is 47.8 Å². The molecule has 17 nitrogen and oxygen atoms in total. The Labute approximate surface area is 417 Å². The molecule has 6 N–H and O–H groups in total. The second-order valence-corrected chi connectivity index (χ2v) is 19.6. The number of nitrogens with zero attached hydrogens (tertiary/aromatic N) is 3. The monoisotopic (exact) mass is 1020 g/mol. The first-order valence-corrected chi connectivity index (χ1v) is 24.8. The third-order valence-electron chi connectivity index (χ3n) is 13.5. The molecule has 4 aromatic rings. The average molecular weight is 1020 g/mol. The summed E-state index contributed by atoms with van der Waals surface area (Å²) in [5.41, 5.74) is 2.08. The van der Waals surface area contributed by atoms with E-state index in [0.29, 0.717) is 17.1 Å². The average Bonchev–Trinajstić information content (AvgIpc) is 3.74. The summed E-state index contributed by atoms with van der Waals surface area (Å²) in [5, 5.41) is 19.3. The van der Waals surface area contributed by atoms with Crippen LogP contribution in [0.2, 0.25) is 0 Å². The second-order valence-electron chi connectivity index (χ2n) is 18.6. The summed E-state index contributed by atoms with van der Waals surface area (Å²) >= 11 is 3.56. The number of likely N-dealkylation sites (tertiary alicyclic amines) is 1. The molecule has 2 heterocycles. The highest BCUT2D eigenvalue weighted by molar-refractivity contribution is 9.10. The van der Waals surface area contributed by atoms with Crippen molar-refractivity contribution in [3.05, 3.63) is 100 Å². The van der Waals surface area contributed by atoms with Crippen molar-refractivity contribution in [1.29, 1.82) is 0 Å². The maximum Gasteiger partial charge on any atom is 0.258 e. The van der Waals surface area contributed by atoms with Crippen LogP contribution in [0.5, 0.6) is 5.75 Å². The van der Waals surface area contributed by atoms with Gasteiger partial charge in [-0.05, 0) is 125 Å². The summed E-state index contributed by atoms with van der Waals surface area (Å²) in [4.78, 5) is 103. The van der Waals surface area contributed by atoms with E-state index in [4.69, 9.17) is 4.74 Å². The zero-order chi connectivity index (χ0) is 50.2. The molecule has 0 aromatic heterocycles. The molecule has 3 aliphatic rings. The SMILES string of the molecule is CNCC(=O)N[C@H](C(=O)N1CC(NC(=O)c2ccc(C(=O)N3C[C@H](NC(=O)[C@H](C)NC)C(=O)N(Cc4c(OC)ccc5cc(Br)ccc45)c4ccccc43)cc2)C[C@H]1C(=O)NC(C)C)C1CCCCC1. The molecule has 70 heavy (non-hydrogen) atoms. The first kappa shape index (κ1) is 51.5. The first-order valence-electron chi connectivity index (χ1n) is 24.0. The topological polar surface area (TPSA) is 211 Å². The third-order valence-corrected chi connectivity index (χ3v) is 13.9. The Morgan fingerprint density at radius 2 is 1.51 bits per heavy atom. The summed E-state index contributed by atoms with van der Waals surface area (Å²) in [6.07, 6.45) is 4.65. The van der Waals surface area contributed by atoms with Crippen LogP contribution in [0, 0.1) is 5.92 Å². The lowest BCUT2D eigenvalue weighted by atomic mass is 9.83. The molecular weight excluding hydrogens is 959 g/mol. The second kappa shape index (κ2) is 23.0. The quantitative estimate of drug-likeness (QED) is 0.0932. The van der Waals surface area contributed by atoms with E-state index in [9.17, 15) is 33.6 Å². The van der Waals surface area contributed by atoms with Crippen molar-refractivity contribution in [3.8, 4) is 5.75 Å². The van der Waals surface area contributed by atoms with Crippen LogP contribution in [0.4, 0.5) is 11.4 Å². The van der Waals surface area contributed by atoms with Gasteiger partial charge in [0.05, 0.1) is 44.2 Å². The van der Waals surface area contributed by atoms with E-state index in [-0.39, 0.29) is 73.4 Å². The number of ether oxygens (including phenoxy) is 1. The van der Waals surface area contributed by atoms with Crippen LogP contribution in [-0.2, 0) is 30.5 Å². The van der Waals surface area contributed by atoms with Gasteiger partial charge in [-0.3, -0.25) is 33.6 Å². The van der Waals surface area contributed by atoms with Crippen LogP contribution >= 0.6 is 15.9 Å². The largest absolute Gasteiger partial charge is 0.496 e. The molecule has 5 atom stereocenters. The Morgan fingerprint density at radius 3 is 2.19 bits per heavy atom. The maximum absolute atomic E-state index is 14.8. The molecule has 7 amide bonds. The van der Waals surface area contributed by atoms with E-state index >= 15 is 0 Å². The number of nitrogens with one attached hydrogen (secondary N) is 6. The van der Waals surface area contributed by atoms with E-state index in [1.807, 2.05) is 44.2 Å². The van der Waals surface area contributed by atoms with Gasteiger partial charge in [-0.2, -0.15) is 0 Å². The molecule has 1 unspecified atom stereocenters. The molecule has 1 saturated carbocycles. The van der Waals surface area contributed by atoms with Crippen LogP contribution in [0.3, 0.4) is 0 Å². The molecule has 4 aromatic carbocycles. The van der Waals surface area contributed by atoms with Crippen molar-refractivity contribution in [3.63, 3.8) is 0 Å². The van der Waals surface area contributed by atoms with Gasteiger partial charge in [-0.15, -0.1) is 0 Å². The van der Waals surface area contributed by atoms with Crippen molar-refractivity contribution < 1.29 is 38.3 Å². The van der Waals surface area contributed by atoms with Gasteiger partial charge in [0, 0.05) is 39.8 Å². The van der Waals surface area contributed by atoms with Gasteiger partial charge in [-0.1, -0.05) is 59.5 Å². The molecule has 7 rings (SSSR count). The van der Waals surface area contributed by atoms with Gasteiger partial charge in [-0.25, -0.2) is 0 Å². The summed E-state index contributed by atoms with van der Waals surface area (Å²) in [6.45, 7) is 5.30.